The van der Waals surface area contributed by atoms with Crippen molar-refractivity contribution in [3.05, 3.63) is 52.7 Å². The zero-order chi connectivity index (χ0) is 18.8. The SMILES string of the molecule is Cn1c(=O)c(C(=O)NCC(=O)O)c(O)c2cc(-c3ccncc3)cnc21. The van der Waals surface area contributed by atoms with Gasteiger partial charge in [0.05, 0.1) is 5.39 Å². The third kappa shape index (κ3) is 2.97. The van der Waals surface area contributed by atoms with E-state index in [1.807, 2.05) is 0 Å². The number of aliphatic carboxylic acids is 1. The third-order valence-electron chi connectivity index (χ3n) is 3.84. The normalized spacial score (nSPS) is 10.7. The number of hydrogen-bond donors (Lipinski definition) is 3. The van der Waals surface area contributed by atoms with Gasteiger partial charge in [-0.25, -0.2) is 4.98 Å². The van der Waals surface area contributed by atoms with Crippen LogP contribution in [0.4, 0.5) is 0 Å². The Balaban J connectivity index is 2.19. The summed E-state index contributed by atoms with van der Waals surface area (Å²) in [5.41, 5.74) is 0.336. The fraction of sp³-hybridized carbons (Fsp3) is 0.118. The van der Waals surface area contributed by atoms with Gasteiger partial charge in [-0.15, -0.1) is 0 Å². The van der Waals surface area contributed by atoms with Crippen LogP contribution in [0.25, 0.3) is 22.2 Å². The Labute approximate surface area is 146 Å². The Morgan fingerprint density at radius 3 is 2.58 bits per heavy atom. The zero-order valence-electron chi connectivity index (χ0n) is 13.6. The van der Waals surface area contributed by atoms with Gasteiger partial charge >= 0.3 is 5.97 Å². The molecule has 3 aromatic rings. The van der Waals surface area contributed by atoms with Gasteiger partial charge in [0.1, 0.15) is 23.5 Å². The number of carbonyl (C=O) groups is 2. The van der Waals surface area contributed by atoms with Crippen LogP contribution in [0.1, 0.15) is 10.4 Å². The second-order valence-electron chi connectivity index (χ2n) is 5.50. The molecular formula is C17H14N4O5. The molecule has 9 heteroatoms. The molecule has 3 N–H and O–H groups in total. The standard InChI is InChI=1S/C17H14N4O5/c1-21-15-11(6-10(7-19-15)9-2-4-18-5-3-9)14(24)13(17(21)26)16(25)20-8-12(22)23/h2-7,24H,8H2,1H3,(H,20,25)(H,22,23). The number of aryl methyl sites for hydroxylation is 1. The number of fused-ring (bicyclic) bond motifs is 1. The molecule has 0 spiro atoms. The smallest absolute Gasteiger partial charge is 0.322 e. The summed E-state index contributed by atoms with van der Waals surface area (Å²) in [5.74, 6) is -2.78. The molecule has 0 saturated heterocycles. The summed E-state index contributed by atoms with van der Waals surface area (Å²) in [6.45, 7) is -0.672. The van der Waals surface area contributed by atoms with E-state index in [0.717, 1.165) is 10.1 Å². The lowest BCUT2D eigenvalue weighted by molar-refractivity contribution is -0.135. The minimum absolute atomic E-state index is 0.195. The van der Waals surface area contributed by atoms with Gasteiger partial charge < -0.3 is 15.5 Å². The molecule has 132 valence electrons. The molecule has 1 amide bonds. The van der Waals surface area contributed by atoms with E-state index in [0.29, 0.717) is 5.56 Å². The van der Waals surface area contributed by atoms with Gasteiger partial charge in [0, 0.05) is 31.2 Å². The number of nitrogens with one attached hydrogen (secondary N) is 1. The van der Waals surface area contributed by atoms with E-state index >= 15 is 0 Å². The summed E-state index contributed by atoms with van der Waals surface area (Å²) in [6.07, 6.45) is 4.75. The molecular weight excluding hydrogens is 340 g/mol. The number of rotatable bonds is 4. The average Bonchev–Trinajstić information content (AvgIpc) is 2.65. The second kappa shape index (κ2) is 6.63. The molecule has 0 unspecified atom stereocenters. The first-order chi connectivity index (χ1) is 12.4. The van der Waals surface area contributed by atoms with Gasteiger partial charge in [-0.05, 0) is 23.8 Å². The van der Waals surface area contributed by atoms with Crippen molar-refractivity contribution in [2.75, 3.05) is 6.54 Å². The third-order valence-corrected chi connectivity index (χ3v) is 3.84. The molecule has 9 nitrogen and oxygen atoms in total. The van der Waals surface area contributed by atoms with E-state index in [4.69, 9.17) is 5.11 Å². The van der Waals surface area contributed by atoms with Gasteiger partial charge in [-0.2, -0.15) is 0 Å². The molecule has 3 heterocycles. The number of carbonyl (C=O) groups excluding carboxylic acids is 1. The van der Waals surface area contributed by atoms with Crippen LogP contribution in [-0.2, 0) is 11.8 Å². The number of aromatic hydroxyl groups is 1. The Morgan fingerprint density at radius 2 is 1.92 bits per heavy atom. The predicted molar refractivity (Wildman–Crippen MR) is 91.8 cm³/mol. The number of aromatic nitrogens is 3. The molecule has 3 rings (SSSR count). The Bertz CT molecular complexity index is 1080. The van der Waals surface area contributed by atoms with Crippen molar-refractivity contribution in [1.82, 2.24) is 19.9 Å². The minimum atomic E-state index is -1.27. The van der Waals surface area contributed by atoms with Crippen LogP contribution in [0.2, 0.25) is 0 Å². The first-order valence-corrected chi connectivity index (χ1v) is 7.52. The highest BCUT2D eigenvalue weighted by molar-refractivity contribution is 6.03. The van der Waals surface area contributed by atoms with E-state index < -0.39 is 35.3 Å². The fourth-order valence-corrected chi connectivity index (χ4v) is 2.55. The van der Waals surface area contributed by atoms with E-state index in [2.05, 4.69) is 15.3 Å². The molecule has 0 aliphatic rings. The van der Waals surface area contributed by atoms with Crippen LogP contribution in [0, 0.1) is 0 Å². The zero-order valence-corrected chi connectivity index (χ0v) is 13.6. The minimum Gasteiger partial charge on any atom is -0.506 e. The highest BCUT2D eigenvalue weighted by Gasteiger charge is 2.22. The maximum Gasteiger partial charge on any atom is 0.322 e. The molecule has 0 saturated carbocycles. The Kier molecular flexibility index (Phi) is 4.36. The Morgan fingerprint density at radius 1 is 1.23 bits per heavy atom. The van der Waals surface area contributed by atoms with Gasteiger partial charge in [0.15, 0.2) is 0 Å². The molecule has 0 radical (unpaired) electrons. The number of pyridine rings is 3. The molecule has 0 aromatic carbocycles. The topological polar surface area (TPSA) is 134 Å². The molecule has 0 aliphatic carbocycles. The number of carboxylic acids is 1. The van der Waals surface area contributed by atoms with Crippen LogP contribution >= 0.6 is 0 Å². The highest BCUT2D eigenvalue weighted by atomic mass is 16.4. The van der Waals surface area contributed by atoms with E-state index in [1.165, 1.54) is 7.05 Å². The van der Waals surface area contributed by atoms with Crippen molar-refractivity contribution in [3.63, 3.8) is 0 Å². The van der Waals surface area contributed by atoms with E-state index in [1.54, 1.807) is 36.8 Å². The number of amides is 1. The summed E-state index contributed by atoms with van der Waals surface area (Å²) >= 11 is 0. The largest absolute Gasteiger partial charge is 0.506 e. The first kappa shape index (κ1) is 17.1. The predicted octanol–water partition coefficient (Wildman–Crippen LogP) is 0.515. The summed E-state index contributed by atoms with van der Waals surface area (Å²) in [5, 5.41) is 21.4. The quantitative estimate of drug-likeness (QED) is 0.621. The molecule has 3 aromatic heterocycles. The van der Waals surface area contributed by atoms with E-state index in [9.17, 15) is 19.5 Å². The Hall–Kier alpha value is -3.75. The summed E-state index contributed by atoms with van der Waals surface area (Å²) in [7, 11) is 1.41. The molecule has 0 bridgehead atoms. The monoisotopic (exact) mass is 354 g/mol. The molecule has 0 aliphatic heterocycles. The van der Waals surface area contributed by atoms with Crippen molar-refractivity contribution in [1.29, 1.82) is 0 Å². The summed E-state index contributed by atoms with van der Waals surface area (Å²) < 4.78 is 1.13. The van der Waals surface area contributed by atoms with Crippen molar-refractivity contribution in [2.45, 2.75) is 0 Å². The average molecular weight is 354 g/mol. The fourth-order valence-electron chi connectivity index (χ4n) is 2.55. The van der Waals surface area contributed by atoms with Crippen molar-refractivity contribution >= 4 is 22.9 Å². The van der Waals surface area contributed by atoms with Crippen LogP contribution in [0.3, 0.4) is 0 Å². The highest BCUT2D eigenvalue weighted by Crippen LogP contribution is 2.29. The second-order valence-corrected chi connectivity index (χ2v) is 5.50. The van der Waals surface area contributed by atoms with Gasteiger partial charge in [0.2, 0.25) is 0 Å². The van der Waals surface area contributed by atoms with Crippen molar-refractivity contribution < 1.29 is 19.8 Å². The number of hydrogen-bond acceptors (Lipinski definition) is 6. The maximum atomic E-state index is 12.4. The molecule has 26 heavy (non-hydrogen) atoms. The lowest BCUT2D eigenvalue weighted by Gasteiger charge is -2.12. The summed E-state index contributed by atoms with van der Waals surface area (Å²) in [4.78, 5) is 43.3. The van der Waals surface area contributed by atoms with Crippen LogP contribution < -0.4 is 10.9 Å². The molecule has 0 fully saturated rings. The van der Waals surface area contributed by atoms with Gasteiger partial charge in [-0.1, -0.05) is 0 Å². The lowest BCUT2D eigenvalue weighted by Crippen LogP contribution is -2.35. The van der Waals surface area contributed by atoms with E-state index in [-0.39, 0.29) is 11.0 Å². The van der Waals surface area contributed by atoms with Crippen LogP contribution in [0.5, 0.6) is 5.75 Å². The number of nitrogens with zero attached hydrogens (tertiary/aromatic N) is 3. The van der Waals surface area contributed by atoms with Gasteiger partial charge in [0.25, 0.3) is 11.5 Å². The van der Waals surface area contributed by atoms with Crippen LogP contribution in [0.15, 0.2) is 41.6 Å². The van der Waals surface area contributed by atoms with Crippen molar-refractivity contribution in [2.24, 2.45) is 7.05 Å². The first-order valence-electron chi connectivity index (χ1n) is 7.52. The lowest BCUT2D eigenvalue weighted by atomic mass is 10.1. The summed E-state index contributed by atoms with van der Waals surface area (Å²) in [6, 6.07) is 5.10. The van der Waals surface area contributed by atoms with Crippen LogP contribution in [-0.4, -0.2) is 43.2 Å². The van der Waals surface area contributed by atoms with Gasteiger partial charge in [-0.3, -0.25) is 23.9 Å². The number of carboxylic acid groups (broad SMARTS) is 1. The maximum absolute atomic E-state index is 12.4. The molecule has 0 atom stereocenters. The van der Waals surface area contributed by atoms with Crippen molar-refractivity contribution in [3.8, 4) is 16.9 Å².